The molecule has 0 saturated carbocycles. The topological polar surface area (TPSA) is 104 Å². The third kappa shape index (κ3) is 13.0. The lowest BCUT2D eigenvalue weighted by Crippen LogP contribution is -2.30. The number of amides is 1. The summed E-state index contributed by atoms with van der Waals surface area (Å²) in [5, 5.41) is 0. The van der Waals surface area contributed by atoms with E-state index in [1.807, 2.05) is 6.07 Å². The van der Waals surface area contributed by atoms with E-state index >= 15 is 0 Å². The van der Waals surface area contributed by atoms with Gasteiger partial charge in [0, 0.05) is 6.54 Å². The number of nitrogens with zero attached hydrogens (tertiary/aromatic N) is 1. The summed E-state index contributed by atoms with van der Waals surface area (Å²) in [7, 11) is -0.368. The van der Waals surface area contributed by atoms with Crippen molar-refractivity contribution >= 4 is 22.0 Å². The van der Waals surface area contributed by atoms with Gasteiger partial charge in [-0.1, -0.05) is 30.3 Å². The van der Waals surface area contributed by atoms with Crippen LogP contribution in [0.3, 0.4) is 0 Å². The molecule has 1 rings (SSSR count). The van der Waals surface area contributed by atoms with E-state index in [0.717, 1.165) is 13.5 Å². The molecule has 21 heavy (non-hydrogen) atoms. The largest absolute Gasteiger partial charge is 0.359 e. The van der Waals surface area contributed by atoms with Crippen LogP contribution in [0.4, 0.5) is 0 Å². The SMILES string of the molecule is CC(=O)CC(=O)NS(=O)(=O)O.CN(C)Cc1ccccc1. The van der Waals surface area contributed by atoms with Gasteiger partial charge in [-0.15, -0.1) is 0 Å². The van der Waals surface area contributed by atoms with Crippen LogP contribution < -0.4 is 4.72 Å². The zero-order chi connectivity index (χ0) is 16.5. The molecule has 0 spiro atoms. The summed E-state index contributed by atoms with van der Waals surface area (Å²) >= 11 is 0. The Kier molecular flexibility index (Phi) is 8.44. The molecule has 0 atom stereocenters. The molecule has 0 aromatic heterocycles. The van der Waals surface area contributed by atoms with Gasteiger partial charge in [0.1, 0.15) is 5.78 Å². The third-order valence-electron chi connectivity index (χ3n) is 1.99. The normalized spacial score (nSPS) is 10.5. The van der Waals surface area contributed by atoms with Crippen LogP contribution in [0.15, 0.2) is 30.3 Å². The van der Waals surface area contributed by atoms with Crippen LogP contribution in [-0.4, -0.2) is 43.7 Å². The number of Topliss-reactive ketones (excluding diaryl/α,β-unsaturated/α-hetero) is 1. The van der Waals surface area contributed by atoms with E-state index in [9.17, 15) is 18.0 Å². The fourth-order valence-corrected chi connectivity index (χ4v) is 1.71. The van der Waals surface area contributed by atoms with Gasteiger partial charge in [-0.05, 0) is 26.6 Å². The zero-order valence-corrected chi connectivity index (χ0v) is 13.1. The molecule has 8 heteroatoms. The molecule has 0 aliphatic rings. The first-order valence-electron chi connectivity index (χ1n) is 6.06. The summed E-state index contributed by atoms with van der Waals surface area (Å²) < 4.78 is 29.1. The van der Waals surface area contributed by atoms with Gasteiger partial charge in [-0.3, -0.25) is 14.1 Å². The van der Waals surface area contributed by atoms with Crippen molar-refractivity contribution in [2.75, 3.05) is 14.1 Å². The molecule has 0 radical (unpaired) electrons. The summed E-state index contributed by atoms with van der Waals surface area (Å²) in [6, 6.07) is 10.5. The Hall–Kier alpha value is -1.77. The highest BCUT2D eigenvalue weighted by Crippen LogP contribution is 1.99. The summed E-state index contributed by atoms with van der Waals surface area (Å²) in [5.41, 5.74) is 1.37. The van der Waals surface area contributed by atoms with E-state index in [2.05, 4.69) is 43.3 Å². The van der Waals surface area contributed by atoms with E-state index in [1.54, 1.807) is 0 Å². The van der Waals surface area contributed by atoms with E-state index < -0.39 is 28.4 Å². The molecule has 1 aromatic rings. The third-order valence-corrected chi connectivity index (χ3v) is 2.48. The highest BCUT2D eigenvalue weighted by Gasteiger charge is 2.11. The Labute approximate surface area is 124 Å². The standard InChI is InChI=1S/C9H13N.C4H7NO5S/c1-10(2)8-9-6-4-3-5-7-9;1-3(6)2-4(7)5-11(8,9)10/h3-7H,8H2,1-2H3;2H2,1H3,(H,5,7)(H,8,9,10). The second-order valence-corrected chi connectivity index (χ2v) is 5.76. The lowest BCUT2D eigenvalue weighted by Gasteiger charge is -2.08. The first-order valence-corrected chi connectivity index (χ1v) is 7.50. The number of rotatable bonds is 5. The molecule has 0 unspecified atom stereocenters. The lowest BCUT2D eigenvalue weighted by atomic mass is 10.2. The van der Waals surface area contributed by atoms with Gasteiger partial charge in [0.15, 0.2) is 0 Å². The first kappa shape index (κ1) is 19.2. The molecule has 0 fully saturated rings. The van der Waals surface area contributed by atoms with Gasteiger partial charge in [0.05, 0.1) is 6.42 Å². The van der Waals surface area contributed by atoms with E-state index in [1.165, 1.54) is 10.3 Å². The van der Waals surface area contributed by atoms with Crippen molar-refractivity contribution in [1.82, 2.24) is 9.62 Å². The predicted octanol–water partition coefficient (Wildman–Crippen LogP) is 0.633. The molecular weight excluding hydrogens is 296 g/mol. The van der Waals surface area contributed by atoms with Gasteiger partial charge in [0.25, 0.3) is 0 Å². The van der Waals surface area contributed by atoms with Crippen LogP contribution in [0.1, 0.15) is 18.9 Å². The van der Waals surface area contributed by atoms with Crippen molar-refractivity contribution in [2.45, 2.75) is 19.9 Å². The molecule has 0 aliphatic carbocycles. The minimum atomic E-state index is -4.52. The van der Waals surface area contributed by atoms with Gasteiger partial charge in [-0.25, -0.2) is 4.72 Å². The summed E-state index contributed by atoms with van der Waals surface area (Å²) in [6.07, 6.45) is -0.556. The fraction of sp³-hybridized carbons (Fsp3) is 0.385. The van der Waals surface area contributed by atoms with Crippen molar-refractivity contribution in [1.29, 1.82) is 0 Å². The Morgan fingerprint density at radius 3 is 2.10 bits per heavy atom. The van der Waals surface area contributed by atoms with Gasteiger partial charge in [0.2, 0.25) is 5.91 Å². The van der Waals surface area contributed by atoms with Crippen LogP contribution in [0.25, 0.3) is 0 Å². The fourth-order valence-electron chi connectivity index (χ4n) is 1.35. The molecule has 0 aliphatic heterocycles. The van der Waals surface area contributed by atoms with Crippen LogP contribution in [0.5, 0.6) is 0 Å². The number of hydrogen-bond donors (Lipinski definition) is 2. The Bertz CT molecular complexity index is 555. The highest BCUT2D eigenvalue weighted by atomic mass is 32.2. The quantitative estimate of drug-likeness (QED) is 0.610. The molecule has 2 N–H and O–H groups in total. The maximum atomic E-state index is 10.4. The maximum absolute atomic E-state index is 10.4. The Balaban J connectivity index is 0.000000382. The number of carbonyl (C=O) groups excluding carboxylic acids is 2. The van der Waals surface area contributed by atoms with Gasteiger partial charge < -0.3 is 4.90 Å². The van der Waals surface area contributed by atoms with Crippen LogP contribution >= 0.6 is 0 Å². The Morgan fingerprint density at radius 2 is 1.71 bits per heavy atom. The number of hydrogen-bond acceptors (Lipinski definition) is 5. The molecule has 0 bridgehead atoms. The average molecular weight is 316 g/mol. The van der Waals surface area contributed by atoms with Crippen LogP contribution in [-0.2, 0) is 26.4 Å². The van der Waals surface area contributed by atoms with Gasteiger partial charge in [-0.2, -0.15) is 8.42 Å². The maximum Gasteiger partial charge on any atom is 0.359 e. The number of carbonyl (C=O) groups is 2. The summed E-state index contributed by atoms with van der Waals surface area (Å²) in [4.78, 5) is 22.8. The summed E-state index contributed by atoms with van der Waals surface area (Å²) in [6.45, 7) is 2.16. The second-order valence-electron chi connectivity index (χ2n) is 4.60. The first-order chi connectivity index (χ1) is 9.60. The second kappa shape index (κ2) is 9.22. The minimum absolute atomic E-state index is 0.480. The van der Waals surface area contributed by atoms with Crippen molar-refractivity contribution in [3.63, 3.8) is 0 Å². The zero-order valence-electron chi connectivity index (χ0n) is 12.2. The molecule has 0 heterocycles. The number of nitrogens with one attached hydrogen (secondary N) is 1. The summed E-state index contributed by atoms with van der Waals surface area (Å²) in [5.74, 6) is -1.52. The number of benzene rings is 1. The van der Waals surface area contributed by atoms with E-state index in [4.69, 9.17) is 4.55 Å². The van der Waals surface area contributed by atoms with E-state index in [0.29, 0.717) is 0 Å². The molecule has 7 nitrogen and oxygen atoms in total. The molecule has 1 aromatic carbocycles. The van der Waals surface area contributed by atoms with Crippen LogP contribution in [0.2, 0.25) is 0 Å². The average Bonchev–Trinajstić information content (AvgIpc) is 2.26. The van der Waals surface area contributed by atoms with Crippen LogP contribution in [0, 0.1) is 0 Å². The molecule has 118 valence electrons. The van der Waals surface area contributed by atoms with Crippen molar-refractivity contribution in [3.8, 4) is 0 Å². The molecular formula is C13H20N2O5S. The predicted molar refractivity (Wildman–Crippen MR) is 78.8 cm³/mol. The smallest absolute Gasteiger partial charge is 0.305 e. The van der Waals surface area contributed by atoms with Crippen molar-refractivity contribution < 1.29 is 22.6 Å². The molecule has 0 saturated heterocycles. The number of ketones is 1. The Morgan fingerprint density at radius 1 is 1.19 bits per heavy atom. The minimum Gasteiger partial charge on any atom is -0.305 e. The lowest BCUT2D eigenvalue weighted by molar-refractivity contribution is -0.126. The van der Waals surface area contributed by atoms with Gasteiger partial charge >= 0.3 is 10.3 Å². The monoisotopic (exact) mass is 316 g/mol. The molecule has 1 amide bonds. The van der Waals surface area contributed by atoms with Crippen molar-refractivity contribution in [3.05, 3.63) is 35.9 Å². The van der Waals surface area contributed by atoms with Crippen molar-refractivity contribution in [2.24, 2.45) is 0 Å². The van der Waals surface area contributed by atoms with E-state index in [-0.39, 0.29) is 0 Å². The highest BCUT2D eigenvalue weighted by molar-refractivity contribution is 7.84.